The lowest BCUT2D eigenvalue weighted by atomic mass is 10.2. The molecule has 0 aliphatic rings. The van der Waals surface area contributed by atoms with Crippen LogP contribution in [0.3, 0.4) is 0 Å². The molecule has 0 saturated heterocycles. The highest BCUT2D eigenvalue weighted by Gasteiger charge is 2.18. The lowest BCUT2D eigenvalue weighted by Crippen LogP contribution is -2.26. The van der Waals surface area contributed by atoms with Gasteiger partial charge in [-0.15, -0.1) is 0 Å². The van der Waals surface area contributed by atoms with Crippen molar-refractivity contribution in [2.45, 2.75) is 45.3 Å². The largest absolute Gasteiger partial charge is 0.353 e. The van der Waals surface area contributed by atoms with Crippen molar-refractivity contribution in [3.63, 3.8) is 0 Å². The molecule has 0 fully saturated rings. The van der Waals surface area contributed by atoms with E-state index in [9.17, 15) is 9.59 Å². The highest BCUT2D eigenvalue weighted by atomic mass is 35.5. The lowest BCUT2D eigenvalue weighted by Gasteiger charge is -2.17. The molecular formula is C20H23ClN4O2S. The molecular weight excluding hydrogens is 396 g/mol. The molecule has 6 nitrogen and oxygen atoms in total. The first-order valence-corrected chi connectivity index (χ1v) is 10.5. The van der Waals surface area contributed by atoms with Crippen LogP contribution in [0.25, 0.3) is 11.0 Å². The number of anilines is 1. The first kappa shape index (κ1) is 20.5. The van der Waals surface area contributed by atoms with Gasteiger partial charge in [0.05, 0.1) is 22.0 Å². The van der Waals surface area contributed by atoms with Crippen molar-refractivity contribution in [2.24, 2.45) is 0 Å². The first-order valence-electron chi connectivity index (χ1n) is 9.10. The molecule has 0 aliphatic carbocycles. The van der Waals surface area contributed by atoms with Crippen LogP contribution >= 0.6 is 23.4 Å². The fraction of sp³-hybridized carbons (Fsp3) is 0.350. The van der Waals surface area contributed by atoms with Crippen molar-refractivity contribution in [1.29, 1.82) is 0 Å². The van der Waals surface area contributed by atoms with Gasteiger partial charge in [-0.1, -0.05) is 36.4 Å². The molecule has 8 heteroatoms. The number of aromatic nitrogens is 3. The predicted molar refractivity (Wildman–Crippen MR) is 116 cm³/mol. The lowest BCUT2D eigenvalue weighted by molar-refractivity contribution is -0.113. The molecule has 2 heterocycles. The van der Waals surface area contributed by atoms with E-state index in [1.807, 2.05) is 39.8 Å². The van der Waals surface area contributed by atoms with Gasteiger partial charge >= 0.3 is 0 Å². The molecule has 2 N–H and O–H groups in total. The molecule has 0 spiro atoms. The summed E-state index contributed by atoms with van der Waals surface area (Å²) in [5.74, 6) is -0.0758. The fourth-order valence-corrected chi connectivity index (χ4v) is 4.08. The number of hydrogen-bond acceptors (Lipinski definition) is 4. The van der Waals surface area contributed by atoms with Crippen LogP contribution in [-0.2, 0) is 4.79 Å². The number of halogens is 1. The quantitative estimate of drug-likeness (QED) is 0.449. The van der Waals surface area contributed by atoms with Crippen LogP contribution in [0.5, 0.6) is 0 Å². The topological polar surface area (TPSA) is 79.8 Å². The molecule has 0 aliphatic heterocycles. The smallest absolute Gasteiger partial charge is 0.278 e. The average molecular weight is 419 g/mol. The van der Waals surface area contributed by atoms with Crippen molar-refractivity contribution in [2.75, 3.05) is 11.1 Å². The number of hydrogen-bond donors (Lipinski definition) is 2. The summed E-state index contributed by atoms with van der Waals surface area (Å²) in [6.07, 6.45) is 0.783. The third kappa shape index (κ3) is 4.25. The second-order valence-corrected chi connectivity index (χ2v) is 8.21. The Hall–Kier alpha value is -2.25. The van der Waals surface area contributed by atoms with Gasteiger partial charge in [-0.2, -0.15) is 0 Å². The number of thioether (sulfide) groups is 1. The van der Waals surface area contributed by atoms with E-state index in [1.54, 1.807) is 16.7 Å². The highest BCUT2D eigenvalue weighted by Crippen LogP contribution is 2.25. The molecule has 1 atom stereocenters. The minimum absolute atomic E-state index is 0.0230. The van der Waals surface area contributed by atoms with Gasteiger partial charge in [0.2, 0.25) is 5.91 Å². The summed E-state index contributed by atoms with van der Waals surface area (Å²) < 4.78 is 1.66. The van der Waals surface area contributed by atoms with E-state index in [1.165, 1.54) is 11.8 Å². The summed E-state index contributed by atoms with van der Waals surface area (Å²) in [5.41, 5.74) is 3.47. The number of benzene rings is 1. The van der Waals surface area contributed by atoms with Crippen LogP contribution in [0, 0.1) is 13.8 Å². The van der Waals surface area contributed by atoms with E-state index in [0.717, 1.165) is 17.7 Å². The van der Waals surface area contributed by atoms with E-state index >= 15 is 0 Å². The Labute approximate surface area is 172 Å². The number of nitrogens with zero attached hydrogens (tertiary/aromatic N) is 2. The molecule has 3 aromatic rings. The monoisotopic (exact) mass is 418 g/mol. The van der Waals surface area contributed by atoms with Gasteiger partial charge in [-0.3, -0.25) is 14.2 Å². The van der Waals surface area contributed by atoms with Crippen LogP contribution in [0.2, 0.25) is 5.02 Å². The molecule has 0 saturated carbocycles. The van der Waals surface area contributed by atoms with Crippen molar-refractivity contribution >= 4 is 46.0 Å². The van der Waals surface area contributed by atoms with Crippen LogP contribution < -0.4 is 10.9 Å². The second kappa shape index (κ2) is 8.41. The van der Waals surface area contributed by atoms with Crippen molar-refractivity contribution < 1.29 is 4.79 Å². The van der Waals surface area contributed by atoms with E-state index < -0.39 is 0 Å². The minimum atomic E-state index is -0.203. The van der Waals surface area contributed by atoms with Crippen molar-refractivity contribution in [3.8, 4) is 0 Å². The summed E-state index contributed by atoms with van der Waals surface area (Å²) >= 11 is 7.43. The standard InChI is InChI=1S/C20H23ClN4O2S/c1-5-13(4)25-19(27)18-16(9-12(3)22-18)24-20(25)28-10-17(26)23-15-7-6-11(2)8-14(15)21/h6-9,13,22H,5,10H2,1-4H3,(H,23,26)/t13-/m0/s1. The third-order valence-corrected chi connectivity index (χ3v) is 5.81. The summed E-state index contributed by atoms with van der Waals surface area (Å²) in [6, 6.07) is 7.29. The van der Waals surface area contributed by atoms with Gasteiger partial charge < -0.3 is 10.3 Å². The SMILES string of the molecule is CC[C@H](C)n1c(SCC(=O)Nc2ccc(C)cc2Cl)nc2cc(C)[nH]c2c1=O. The highest BCUT2D eigenvalue weighted by molar-refractivity contribution is 7.99. The second-order valence-electron chi connectivity index (χ2n) is 6.86. The van der Waals surface area contributed by atoms with Crippen LogP contribution in [0.4, 0.5) is 5.69 Å². The number of nitrogens with one attached hydrogen (secondary N) is 2. The number of fused-ring (bicyclic) bond motifs is 1. The predicted octanol–water partition coefficient (Wildman–Crippen LogP) is 4.70. The number of aromatic amines is 1. The Bertz CT molecular complexity index is 1090. The molecule has 1 amide bonds. The van der Waals surface area contributed by atoms with Gasteiger partial charge in [-0.05, 0) is 51.0 Å². The van der Waals surface area contributed by atoms with Gasteiger partial charge in [0.1, 0.15) is 5.52 Å². The molecule has 148 valence electrons. The normalized spacial score (nSPS) is 12.3. The molecule has 0 radical (unpaired) electrons. The number of rotatable bonds is 6. The number of carbonyl (C=O) groups is 1. The van der Waals surface area contributed by atoms with Gasteiger partial charge in [0.15, 0.2) is 5.16 Å². The van der Waals surface area contributed by atoms with Crippen molar-refractivity contribution in [1.82, 2.24) is 14.5 Å². The van der Waals surface area contributed by atoms with E-state index in [-0.39, 0.29) is 23.3 Å². The van der Waals surface area contributed by atoms with Crippen LogP contribution in [0.15, 0.2) is 34.2 Å². The average Bonchev–Trinajstić information content (AvgIpc) is 3.02. The zero-order chi connectivity index (χ0) is 20.4. The Kier molecular flexibility index (Phi) is 6.15. The summed E-state index contributed by atoms with van der Waals surface area (Å²) in [4.78, 5) is 33.1. The molecule has 3 rings (SSSR count). The van der Waals surface area contributed by atoms with E-state index in [0.29, 0.717) is 26.9 Å². The number of aryl methyl sites for hydroxylation is 2. The maximum Gasteiger partial charge on any atom is 0.278 e. The van der Waals surface area contributed by atoms with Crippen molar-refractivity contribution in [3.05, 3.63) is 50.9 Å². The Morgan fingerprint density at radius 3 is 2.79 bits per heavy atom. The van der Waals surface area contributed by atoms with E-state index in [2.05, 4.69) is 15.3 Å². The van der Waals surface area contributed by atoms with Gasteiger partial charge in [-0.25, -0.2) is 4.98 Å². The van der Waals surface area contributed by atoms with Gasteiger partial charge in [0, 0.05) is 11.7 Å². The first-order chi connectivity index (χ1) is 13.3. The number of carbonyl (C=O) groups excluding carboxylic acids is 1. The van der Waals surface area contributed by atoms with Crippen LogP contribution in [0.1, 0.15) is 37.6 Å². The fourth-order valence-electron chi connectivity index (χ4n) is 2.90. The summed E-state index contributed by atoms with van der Waals surface area (Å²) in [5, 5.41) is 3.85. The number of amides is 1. The summed E-state index contributed by atoms with van der Waals surface area (Å²) in [6.45, 7) is 7.81. The van der Waals surface area contributed by atoms with Gasteiger partial charge in [0.25, 0.3) is 5.56 Å². The molecule has 2 aromatic heterocycles. The molecule has 28 heavy (non-hydrogen) atoms. The van der Waals surface area contributed by atoms with Crippen LogP contribution in [-0.4, -0.2) is 26.2 Å². The molecule has 0 unspecified atom stereocenters. The minimum Gasteiger partial charge on any atom is -0.353 e. The Balaban J connectivity index is 1.84. The Morgan fingerprint density at radius 1 is 1.36 bits per heavy atom. The maximum absolute atomic E-state index is 12.9. The zero-order valence-electron chi connectivity index (χ0n) is 16.3. The summed E-state index contributed by atoms with van der Waals surface area (Å²) in [7, 11) is 0. The third-order valence-electron chi connectivity index (χ3n) is 4.55. The van der Waals surface area contributed by atoms with E-state index in [4.69, 9.17) is 11.6 Å². The molecule has 1 aromatic carbocycles. The Morgan fingerprint density at radius 2 is 2.11 bits per heavy atom. The maximum atomic E-state index is 12.9. The number of H-pyrrole nitrogens is 1. The zero-order valence-corrected chi connectivity index (χ0v) is 17.9. The molecule has 0 bridgehead atoms.